The van der Waals surface area contributed by atoms with Crippen molar-refractivity contribution in [2.75, 3.05) is 13.1 Å². The van der Waals surface area contributed by atoms with Crippen LogP contribution in [-0.2, 0) is 6.42 Å². The molecule has 0 spiro atoms. The zero-order valence-electron chi connectivity index (χ0n) is 16.1. The van der Waals surface area contributed by atoms with E-state index in [4.69, 9.17) is 9.25 Å². The Hall–Kier alpha value is -3.17. The molecule has 2 aromatic heterocycles. The number of oxime groups is 1. The summed E-state index contributed by atoms with van der Waals surface area (Å²) in [4.78, 5) is 49.4. The lowest BCUT2D eigenvalue weighted by molar-refractivity contribution is 0.194. The Morgan fingerprint density at radius 1 is 1.39 bits per heavy atom. The van der Waals surface area contributed by atoms with Crippen LogP contribution in [0.5, 0.6) is 6.01 Å². The molecule has 0 saturated carbocycles. The van der Waals surface area contributed by atoms with Gasteiger partial charge in [0.2, 0.25) is 5.71 Å². The van der Waals surface area contributed by atoms with Crippen LogP contribution in [0.3, 0.4) is 0 Å². The monoisotopic (exact) mass is 389 g/mol. The first-order chi connectivity index (χ1) is 13.4. The topological polar surface area (TPSA) is 130 Å². The number of aromatic nitrogens is 2. The summed E-state index contributed by atoms with van der Waals surface area (Å²) < 4.78 is 5.02. The lowest BCUT2D eigenvalue weighted by Gasteiger charge is -2.28. The highest BCUT2D eigenvalue weighted by Crippen LogP contribution is 2.14. The van der Waals surface area contributed by atoms with Crippen LogP contribution < -0.4 is 21.3 Å². The number of hydrogen-bond acceptors (Lipinski definition) is 7. The van der Waals surface area contributed by atoms with Crippen molar-refractivity contribution in [3.05, 3.63) is 32.4 Å². The molecule has 150 valence electrons. The molecule has 0 unspecified atom stereocenters. The summed E-state index contributed by atoms with van der Waals surface area (Å²) in [5, 5.41) is 7.11. The third kappa shape index (κ3) is 4.38. The molecule has 3 rings (SSSR count). The van der Waals surface area contributed by atoms with Gasteiger partial charge < -0.3 is 19.5 Å². The summed E-state index contributed by atoms with van der Waals surface area (Å²) in [5.74, 6) is 0. The predicted molar refractivity (Wildman–Crippen MR) is 103 cm³/mol. The number of carbonyl (C=O) groups excluding carboxylic acids is 1. The van der Waals surface area contributed by atoms with Gasteiger partial charge in [0.05, 0.1) is 5.71 Å². The van der Waals surface area contributed by atoms with Gasteiger partial charge in [-0.3, -0.25) is 9.78 Å². The van der Waals surface area contributed by atoms with Crippen molar-refractivity contribution < 1.29 is 14.0 Å². The molecule has 2 aromatic rings. The van der Waals surface area contributed by atoms with E-state index in [1.165, 1.54) is 6.07 Å². The van der Waals surface area contributed by atoms with Crippen LogP contribution in [0.1, 0.15) is 39.2 Å². The molecule has 0 aromatic carbocycles. The van der Waals surface area contributed by atoms with Gasteiger partial charge in [0.25, 0.3) is 5.56 Å². The summed E-state index contributed by atoms with van der Waals surface area (Å²) in [6.07, 6.45) is 1.60. The minimum atomic E-state index is -0.577. The van der Waals surface area contributed by atoms with Crippen molar-refractivity contribution in [1.29, 1.82) is 0 Å². The van der Waals surface area contributed by atoms with Gasteiger partial charge in [0.1, 0.15) is 5.39 Å². The van der Waals surface area contributed by atoms with Crippen LogP contribution in [0.15, 0.2) is 25.2 Å². The molecule has 2 N–H and O–H groups in total. The smallest absolute Gasteiger partial charge is 0.337 e. The van der Waals surface area contributed by atoms with E-state index < -0.39 is 11.2 Å². The molecule has 3 heterocycles. The van der Waals surface area contributed by atoms with Crippen molar-refractivity contribution in [2.24, 2.45) is 5.16 Å². The molecule has 1 aliphatic heterocycles. The number of nitrogens with one attached hydrogen (secondary N) is 2. The third-order valence-electron chi connectivity index (χ3n) is 4.36. The van der Waals surface area contributed by atoms with E-state index in [1.54, 1.807) is 4.90 Å². The van der Waals surface area contributed by atoms with Gasteiger partial charge in [-0.05, 0) is 25.8 Å². The largest absolute Gasteiger partial charge is 0.403 e. The highest BCUT2D eigenvalue weighted by atomic mass is 16.6. The molecular weight excluding hydrogens is 366 g/mol. The first-order valence-electron chi connectivity index (χ1n) is 9.22. The van der Waals surface area contributed by atoms with Gasteiger partial charge in [-0.2, -0.15) is 4.98 Å². The van der Waals surface area contributed by atoms with Crippen molar-refractivity contribution in [3.8, 4) is 6.01 Å². The van der Waals surface area contributed by atoms with Gasteiger partial charge >= 0.3 is 17.7 Å². The SMILES string of the molecule is CCc1cc(=O)oc2nc(ON=C3CCN(C(=O)NC(C)C)CC3)[nH]c(=O)c12. The lowest BCUT2D eigenvalue weighted by Crippen LogP contribution is -2.46. The van der Waals surface area contributed by atoms with Crippen molar-refractivity contribution in [1.82, 2.24) is 20.2 Å². The molecule has 1 fully saturated rings. The number of amides is 2. The third-order valence-corrected chi connectivity index (χ3v) is 4.36. The number of nitrogens with zero attached hydrogens (tertiary/aromatic N) is 3. The summed E-state index contributed by atoms with van der Waals surface area (Å²) in [6.45, 7) is 6.70. The van der Waals surface area contributed by atoms with E-state index in [0.29, 0.717) is 37.9 Å². The Balaban J connectivity index is 1.71. The van der Waals surface area contributed by atoms with Crippen molar-refractivity contribution >= 4 is 22.8 Å². The Morgan fingerprint density at radius 3 is 2.75 bits per heavy atom. The molecular formula is C18H23N5O5. The molecule has 2 amide bonds. The normalized spacial score (nSPS) is 14.4. The number of carbonyl (C=O) groups is 1. The van der Waals surface area contributed by atoms with Crippen LogP contribution in [0.25, 0.3) is 11.1 Å². The van der Waals surface area contributed by atoms with Crippen molar-refractivity contribution in [3.63, 3.8) is 0 Å². The molecule has 28 heavy (non-hydrogen) atoms. The zero-order valence-corrected chi connectivity index (χ0v) is 16.1. The van der Waals surface area contributed by atoms with Gasteiger partial charge in [0.15, 0.2) is 0 Å². The number of aromatic amines is 1. The number of hydrogen-bond donors (Lipinski definition) is 2. The number of urea groups is 1. The molecule has 0 aliphatic carbocycles. The van der Waals surface area contributed by atoms with E-state index in [-0.39, 0.29) is 29.2 Å². The van der Waals surface area contributed by atoms with Gasteiger partial charge in [-0.1, -0.05) is 12.1 Å². The van der Waals surface area contributed by atoms with Crippen LogP contribution >= 0.6 is 0 Å². The molecule has 0 radical (unpaired) electrons. The highest BCUT2D eigenvalue weighted by Gasteiger charge is 2.21. The number of rotatable bonds is 4. The van der Waals surface area contributed by atoms with E-state index in [9.17, 15) is 14.4 Å². The average molecular weight is 389 g/mol. The summed E-state index contributed by atoms with van der Waals surface area (Å²) >= 11 is 0. The number of likely N-dealkylation sites (tertiary alicyclic amines) is 1. The Bertz CT molecular complexity index is 1010. The fraction of sp³-hybridized carbons (Fsp3) is 0.500. The maximum Gasteiger partial charge on any atom is 0.337 e. The highest BCUT2D eigenvalue weighted by molar-refractivity contribution is 5.87. The average Bonchev–Trinajstić information content (AvgIpc) is 2.65. The summed E-state index contributed by atoms with van der Waals surface area (Å²) in [5.41, 5.74) is 0.196. The minimum absolute atomic E-state index is 0.0787. The molecule has 10 nitrogen and oxygen atoms in total. The summed E-state index contributed by atoms with van der Waals surface area (Å²) in [6, 6.07) is 1.11. The standard InChI is InChI=1S/C18H23N5O5/c1-4-11-9-13(24)27-16-14(11)15(25)20-17(21-16)28-22-12-5-7-23(8-6-12)18(26)19-10(2)3/h9-10H,4-8H2,1-3H3,(H,19,26)(H,20,21,25). The first-order valence-corrected chi connectivity index (χ1v) is 9.22. The molecule has 10 heteroatoms. The Morgan fingerprint density at radius 2 is 2.11 bits per heavy atom. The quantitative estimate of drug-likeness (QED) is 0.760. The number of piperidine rings is 1. The van der Waals surface area contributed by atoms with Crippen LogP contribution in [0.2, 0.25) is 0 Å². The molecule has 1 aliphatic rings. The predicted octanol–water partition coefficient (Wildman–Crippen LogP) is 1.39. The second-order valence-electron chi connectivity index (χ2n) is 6.84. The second kappa shape index (κ2) is 8.24. The lowest BCUT2D eigenvalue weighted by atomic mass is 10.1. The van der Waals surface area contributed by atoms with Gasteiger partial charge in [-0.25, -0.2) is 9.59 Å². The maximum atomic E-state index is 12.3. The zero-order chi connectivity index (χ0) is 20.3. The summed E-state index contributed by atoms with van der Waals surface area (Å²) in [7, 11) is 0. The molecule has 1 saturated heterocycles. The number of fused-ring (bicyclic) bond motifs is 1. The number of H-pyrrole nitrogens is 1. The van der Waals surface area contributed by atoms with Crippen LogP contribution in [-0.4, -0.2) is 45.7 Å². The number of aryl methyl sites for hydroxylation is 1. The first kappa shape index (κ1) is 19.6. The van der Waals surface area contributed by atoms with Gasteiger partial charge in [0, 0.05) is 38.0 Å². The van der Waals surface area contributed by atoms with Gasteiger partial charge in [-0.15, -0.1) is 0 Å². The van der Waals surface area contributed by atoms with E-state index in [1.807, 2.05) is 20.8 Å². The van der Waals surface area contributed by atoms with Crippen LogP contribution in [0, 0.1) is 0 Å². The van der Waals surface area contributed by atoms with Crippen LogP contribution in [0.4, 0.5) is 4.79 Å². The minimum Gasteiger partial charge on any atom is -0.403 e. The van der Waals surface area contributed by atoms with E-state index in [2.05, 4.69) is 20.4 Å². The molecule has 0 atom stereocenters. The Kier molecular flexibility index (Phi) is 5.76. The Labute approximate surface area is 160 Å². The fourth-order valence-electron chi connectivity index (χ4n) is 2.96. The van der Waals surface area contributed by atoms with E-state index >= 15 is 0 Å². The van der Waals surface area contributed by atoms with E-state index in [0.717, 1.165) is 5.71 Å². The molecule has 0 bridgehead atoms. The fourth-order valence-corrected chi connectivity index (χ4v) is 2.96. The maximum absolute atomic E-state index is 12.3. The second-order valence-corrected chi connectivity index (χ2v) is 6.84. The van der Waals surface area contributed by atoms with Crippen molar-refractivity contribution in [2.45, 2.75) is 46.1 Å².